The van der Waals surface area contributed by atoms with Crippen molar-refractivity contribution in [1.29, 1.82) is 5.26 Å². The van der Waals surface area contributed by atoms with Crippen LogP contribution in [0.1, 0.15) is 34.4 Å². The van der Waals surface area contributed by atoms with Gasteiger partial charge in [-0.2, -0.15) is 5.26 Å². The summed E-state index contributed by atoms with van der Waals surface area (Å²) in [5.74, 6) is 0.718. The molecule has 0 amide bonds. The number of rotatable bonds is 9. The molecule has 0 radical (unpaired) electrons. The molecule has 0 N–H and O–H groups in total. The molecule has 0 fully saturated rings. The molecule has 4 heteroatoms. The van der Waals surface area contributed by atoms with E-state index in [-0.39, 0.29) is 0 Å². The standard InChI is InChI=1S/C32H27N3O/c33-23-26-12-10-20-31(22-26)36-21-11-19-30-24-35(25-34-30)32(27-13-4-1-5-14-27,28-15-6-2-7-16-28)29-17-8-3-9-18-29/h1-10,12-18,20,22,24-25H,11,19,21H2. The van der Waals surface area contributed by atoms with E-state index in [4.69, 9.17) is 15.0 Å². The van der Waals surface area contributed by atoms with E-state index in [1.807, 2.05) is 18.5 Å². The number of hydrogen-bond donors (Lipinski definition) is 0. The first-order chi connectivity index (χ1) is 17.8. The van der Waals surface area contributed by atoms with Gasteiger partial charge in [-0.05, 0) is 47.7 Å². The van der Waals surface area contributed by atoms with E-state index in [1.54, 1.807) is 12.1 Å². The third kappa shape index (κ3) is 4.64. The van der Waals surface area contributed by atoms with Crippen LogP contribution in [0.2, 0.25) is 0 Å². The fourth-order valence-corrected chi connectivity index (χ4v) is 4.76. The Kier molecular flexibility index (Phi) is 6.91. The van der Waals surface area contributed by atoms with Crippen LogP contribution in [0.4, 0.5) is 0 Å². The van der Waals surface area contributed by atoms with E-state index in [9.17, 15) is 0 Å². The van der Waals surface area contributed by atoms with Gasteiger partial charge < -0.3 is 9.30 Å². The van der Waals surface area contributed by atoms with Crippen LogP contribution in [0.5, 0.6) is 5.75 Å². The Bertz CT molecular complexity index is 1340. The van der Waals surface area contributed by atoms with Gasteiger partial charge in [0.15, 0.2) is 0 Å². The lowest BCUT2D eigenvalue weighted by atomic mass is 9.77. The van der Waals surface area contributed by atoms with Crippen LogP contribution in [-0.2, 0) is 12.0 Å². The summed E-state index contributed by atoms with van der Waals surface area (Å²) in [6.07, 6.45) is 5.71. The lowest BCUT2D eigenvalue weighted by Gasteiger charge is -2.37. The minimum Gasteiger partial charge on any atom is -0.494 e. The Labute approximate surface area is 212 Å². The molecule has 0 aliphatic rings. The molecule has 5 aromatic rings. The first kappa shape index (κ1) is 23.1. The molecule has 176 valence electrons. The lowest BCUT2D eigenvalue weighted by Crippen LogP contribution is -2.36. The van der Waals surface area contributed by atoms with Crippen molar-refractivity contribution in [2.45, 2.75) is 18.4 Å². The van der Waals surface area contributed by atoms with Crippen molar-refractivity contribution in [2.24, 2.45) is 0 Å². The van der Waals surface area contributed by atoms with Gasteiger partial charge in [0, 0.05) is 6.20 Å². The van der Waals surface area contributed by atoms with Crippen molar-refractivity contribution in [1.82, 2.24) is 9.55 Å². The zero-order valence-corrected chi connectivity index (χ0v) is 20.0. The van der Waals surface area contributed by atoms with Crippen molar-refractivity contribution in [2.75, 3.05) is 6.61 Å². The second-order valence-electron chi connectivity index (χ2n) is 8.67. The highest BCUT2D eigenvalue weighted by Crippen LogP contribution is 2.40. The summed E-state index contributed by atoms with van der Waals surface area (Å²) in [5, 5.41) is 9.08. The minimum atomic E-state index is -0.552. The fourth-order valence-electron chi connectivity index (χ4n) is 4.76. The van der Waals surface area contributed by atoms with Crippen molar-refractivity contribution < 1.29 is 4.74 Å². The fraction of sp³-hybridized carbons (Fsp3) is 0.125. The lowest BCUT2D eigenvalue weighted by molar-refractivity contribution is 0.310. The molecule has 0 spiro atoms. The average molecular weight is 470 g/mol. The molecule has 36 heavy (non-hydrogen) atoms. The van der Waals surface area contributed by atoms with Gasteiger partial charge in [-0.25, -0.2) is 4.98 Å². The molecule has 0 saturated heterocycles. The normalized spacial score (nSPS) is 11.1. The van der Waals surface area contributed by atoms with Gasteiger partial charge in [-0.1, -0.05) is 97.1 Å². The van der Waals surface area contributed by atoms with Crippen LogP contribution in [0.25, 0.3) is 0 Å². The van der Waals surface area contributed by atoms with Crippen LogP contribution in [0.3, 0.4) is 0 Å². The van der Waals surface area contributed by atoms with Gasteiger partial charge in [0.1, 0.15) is 11.3 Å². The van der Waals surface area contributed by atoms with E-state index >= 15 is 0 Å². The van der Waals surface area contributed by atoms with Crippen molar-refractivity contribution >= 4 is 0 Å². The monoisotopic (exact) mass is 469 g/mol. The van der Waals surface area contributed by atoms with Crippen molar-refractivity contribution in [3.8, 4) is 11.8 Å². The van der Waals surface area contributed by atoms with Gasteiger partial charge in [0.05, 0.1) is 30.3 Å². The number of imidazole rings is 1. The predicted octanol–water partition coefficient (Wildman–Crippen LogP) is 6.61. The number of aromatic nitrogens is 2. The van der Waals surface area contributed by atoms with Crippen LogP contribution in [-0.4, -0.2) is 16.2 Å². The molecule has 0 aliphatic heterocycles. The van der Waals surface area contributed by atoms with E-state index in [1.165, 1.54) is 16.7 Å². The minimum absolute atomic E-state index is 0.552. The maximum atomic E-state index is 9.08. The van der Waals surface area contributed by atoms with E-state index < -0.39 is 5.54 Å². The molecule has 4 nitrogen and oxygen atoms in total. The molecular formula is C32H27N3O. The molecule has 0 aliphatic carbocycles. The quantitative estimate of drug-likeness (QED) is 0.180. The zero-order valence-electron chi connectivity index (χ0n) is 20.0. The first-order valence-corrected chi connectivity index (χ1v) is 12.1. The molecule has 0 saturated carbocycles. The summed E-state index contributed by atoms with van der Waals surface area (Å²) in [7, 11) is 0. The maximum absolute atomic E-state index is 9.08. The molecule has 0 bridgehead atoms. The topological polar surface area (TPSA) is 50.8 Å². The average Bonchev–Trinajstić information content (AvgIpc) is 3.42. The van der Waals surface area contributed by atoms with E-state index in [2.05, 4.69) is 108 Å². The number of ether oxygens (including phenoxy) is 1. The Hall–Kier alpha value is -4.62. The summed E-state index contributed by atoms with van der Waals surface area (Å²) in [6.45, 7) is 0.558. The van der Waals surface area contributed by atoms with Crippen molar-refractivity contribution in [3.05, 3.63) is 156 Å². The van der Waals surface area contributed by atoms with E-state index in [0.717, 1.165) is 24.3 Å². The second-order valence-corrected chi connectivity index (χ2v) is 8.67. The second kappa shape index (κ2) is 10.8. The van der Waals surface area contributed by atoms with Gasteiger partial charge >= 0.3 is 0 Å². The Balaban J connectivity index is 1.45. The van der Waals surface area contributed by atoms with Crippen molar-refractivity contribution in [3.63, 3.8) is 0 Å². The van der Waals surface area contributed by atoms with Crippen LogP contribution in [0, 0.1) is 11.3 Å². The summed E-state index contributed by atoms with van der Waals surface area (Å²) in [6, 6.07) is 41.2. The highest BCUT2D eigenvalue weighted by molar-refractivity contribution is 5.50. The molecule has 5 rings (SSSR count). The molecular weight excluding hydrogens is 442 g/mol. The number of benzene rings is 4. The van der Waals surface area contributed by atoms with Gasteiger partial charge in [-0.15, -0.1) is 0 Å². The van der Waals surface area contributed by atoms with Crippen LogP contribution >= 0.6 is 0 Å². The predicted molar refractivity (Wildman–Crippen MR) is 142 cm³/mol. The number of nitrogens with zero attached hydrogens (tertiary/aromatic N) is 3. The smallest absolute Gasteiger partial charge is 0.121 e. The first-order valence-electron chi connectivity index (χ1n) is 12.1. The third-order valence-corrected chi connectivity index (χ3v) is 6.41. The summed E-state index contributed by atoms with van der Waals surface area (Å²) < 4.78 is 8.10. The SMILES string of the molecule is N#Cc1cccc(OCCCc2cn(C(c3ccccc3)(c3ccccc3)c3ccccc3)cn2)c1. The molecule has 0 atom stereocenters. The largest absolute Gasteiger partial charge is 0.494 e. The number of aryl methyl sites for hydroxylation is 1. The highest BCUT2D eigenvalue weighted by Gasteiger charge is 2.38. The maximum Gasteiger partial charge on any atom is 0.121 e. The summed E-state index contributed by atoms with van der Waals surface area (Å²) >= 11 is 0. The van der Waals surface area contributed by atoms with E-state index in [0.29, 0.717) is 12.2 Å². The summed E-state index contributed by atoms with van der Waals surface area (Å²) in [5.41, 5.74) is 4.58. The Morgan fingerprint density at radius 3 is 1.89 bits per heavy atom. The highest BCUT2D eigenvalue weighted by atomic mass is 16.5. The van der Waals surface area contributed by atoms with Crippen LogP contribution in [0.15, 0.2) is 128 Å². The number of hydrogen-bond acceptors (Lipinski definition) is 3. The number of nitriles is 1. The molecule has 0 unspecified atom stereocenters. The van der Waals surface area contributed by atoms with Gasteiger partial charge in [0.2, 0.25) is 0 Å². The summed E-state index contributed by atoms with van der Waals surface area (Å²) in [4.78, 5) is 4.79. The van der Waals surface area contributed by atoms with Crippen LogP contribution < -0.4 is 4.74 Å². The molecule has 4 aromatic carbocycles. The molecule has 1 heterocycles. The van der Waals surface area contributed by atoms with Gasteiger partial charge in [-0.3, -0.25) is 0 Å². The zero-order chi connectivity index (χ0) is 24.6. The third-order valence-electron chi connectivity index (χ3n) is 6.41. The Morgan fingerprint density at radius 2 is 1.33 bits per heavy atom. The Morgan fingerprint density at radius 1 is 0.750 bits per heavy atom. The molecule has 1 aromatic heterocycles. The van der Waals surface area contributed by atoms with Gasteiger partial charge in [0.25, 0.3) is 0 Å².